The summed E-state index contributed by atoms with van der Waals surface area (Å²) < 4.78 is 62.0. The molecule has 6 saturated heterocycles. The maximum Gasteiger partial charge on any atom is 0.187 e. The minimum absolute atomic E-state index is 0.450. The summed E-state index contributed by atoms with van der Waals surface area (Å²) in [6.45, 7) is -0.291. The molecule has 0 amide bonds. The first-order chi connectivity index (χ1) is 26.9. The van der Waals surface area contributed by atoms with Gasteiger partial charge in [-0.05, 0) is 13.8 Å². The zero-order valence-corrected chi connectivity index (χ0v) is 30.6. The summed E-state index contributed by atoms with van der Waals surface area (Å²) in [5.41, 5.74) is -2.19. The van der Waals surface area contributed by atoms with Crippen LogP contribution in [-0.4, -0.2) is 258 Å². The predicted octanol–water partition coefficient (Wildman–Crippen LogP) is -9.49. The van der Waals surface area contributed by atoms with Crippen molar-refractivity contribution < 1.29 is 124 Å². The van der Waals surface area contributed by atoms with E-state index in [0.29, 0.717) is 0 Å². The highest BCUT2D eigenvalue weighted by molar-refractivity contribution is 4.99. The third-order valence-electron chi connectivity index (χ3n) is 10.9. The van der Waals surface area contributed by atoms with E-state index in [4.69, 9.17) is 52.1 Å². The van der Waals surface area contributed by atoms with Gasteiger partial charge in [0.25, 0.3) is 0 Å². The molecule has 0 saturated carbocycles. The molecule has 332 valence electrons. The second kappa shape index (κ2) is 18.5. The van der Waals surface area contributed by atoms with Crippen LogP contribution < -0.4 is 0 Å². The maximum absolute atomic E-state index is 11.8. The van der Waals surface area contributed by atoms with E-state index in [-0.39, 0.29) is 0 Å². The lowest BCUT2D eigenvalue weighted by Gasteiger charge is -2.49. The molecule has 0 spiro atoms. The Morgan fingerprint density at radius 3 is 1.61 bits per heavy atom. The van der Waals surface area contributed by atoms with Gasteiger partial charge in [-0.25, -0.2) is 0 Å². The van der Waals surface area contributed by atoms with Crippen molar-refractivity contribution >= 4 is 0 Å². The molecule has 0 aromatic heterocycles. The summed E-state index contributed by atoms with van der Waals surface area (Å²) in [6, 6.07) is 0. The van der Waals surface area contributed by atoms with Crippen molar-refractivity contribution in [3.8, 4) is 0 Å². The summed E-state index contributed by atoms with van der Waals surface area (Å²) in [5.74, 6) is 0. The molecule has 0 unspecified atom stereocenters. The molecule has 6 fully saturated rings. The van der Waals surface area contributed by atoms with Crippen LogP contribution in [0.2, 0.25) is 0 Å². The lowest BCUT2D eigenvalue weighted by atomic mass is 9.97. The van der Waals surface area contributed by atoms with E-state index in [9.17, 15) is 71.5 Å². The quantitative estimate of drug-likeness (QED) is 0.0918. The lowest BCUT2D eigenvalue weighted by molar-refractivity contribution is -0.394. The van der Waals surface area contributed by atoms with Gasteiger partial charge >= 0.3 is 0 Å². The van der Waals surface area contributed by atoms with Crippen LogP contribution in [0.25, 0.3) is 0 Å². The summed E-state index contributed by atoms with van der Waals surface area (Å²) in [6.07, 6.45) is -39.8. The zero-order chi connectivity index (χ0) is 41.7. The minimum Gasteiger partial charge on any atom is -0.393 e. The highest BCUT2D eigenvalue weighted by Crippen LogP contribution is 2.36. The molecule has 57 heavy (non-hydrogen) atoms. The van der Waals surface area contributed by atoms with Crippen LogP contribution in [0, 0.1) is 0 Å². The second-order valence-electron chi connectivity index (χ2n) is 15.1. The Labute approximate surface area is 323 Å². The molecular formula is C32H54O25. The van der Waals surface area contributed by atoms with E-state index in [2.05, 4.69) is 0 Å². The summed E-state index contributed by atoms with van der Waals surface area (Å²) in [7, 11) is 0. The first-order valence-corrected chi connectivity index (χ1v) is 18.4. The molecule has 14 N–H and O–H groups in total. The first kappa shape index (κ1) is 45.5. The number of ether oxygens (including phenoxy) is 11. The second-order valence-corrected chi connectivity index (χ2v) is 15.1. The van der Waals surface area contributed by atoms with Gasteiger partial charge in [0, 0.05) is 0 Å². The van der Waals surface area contributed by atoms with Gasteiger partial charge in [-0.15, -0.1) is 0 Å². The molecule has 25 heteroatoms. The maximum atomic E-state index is 11.8. The lowest BCUT2D eigenvalue weighted by Crippen LogP contribution is -2.66. The van der Waals surface area contributed by atoms with E-state index in [1.807, 2.05) is 0 Å². The molecule has 25 nitrogen and oxygen atoms in total. The van der Waals surface area contributed by atoms with Crippen LogP contribution in [0.15, 0.2) is 0 Å². The van der Waals surface area contributed by atoms with Gasteiger partial charge in [0.1, 0.15) is 103 Å². The van der Waals surface area contributed by atoms with Crippen molar-refractivity contribution in [3.05, 3.63) is 0 Å². The Morgan fingerprint density at radius 1 is 0.456 bits per heavy atom. The van der Waals surface area contributed by atoms with Crippen LogP contribution >= 0.6 is 0 Å². The van der Waals surface area contributed by atoms with E-state index in [1.165, 1.54) is 13.8 Å². The van der Waals surface area contributed by atoms with Crippen LogP contribution in [0.4, 0.5) is 0 Å². The van der Waals surface area contributed by atoms with Crippen LogP contribution in [0.5, 0.6) is 0 Å². The molecule has 6 heterocycles. The van der Waals surface area contributed by atoms with Crippen molar-refractivity contribution in [2.24, 2.45) is 0 Å². The highest BCUT2D eigenvalue weighted by atomic mass is 16.8. The van der Waals surface area contributed by atoms with Gasteiger partial charge in [-0.1, -0.05) is 0 Å². The molecule has 0 aliphatic carbocycles. The normalized spacial score (nSPS) is 55.2. The van der Waals surface area contributed by atoms with E-state index in [1.54, 1.807) is 0 Å². The average molecular weight is 839 g/mol. The summed E-state index contributed by atoms with van der Waals surface area (Å²) in [5, 5.41) is 148. The van der Waals surface area contributed by atoms with E-state index in [0.717, 1.165) is 0 Å². The van der Waals surface area contributed by atoms with Gasteiger partial charge in [-0.3, -0.25) is 0 Å². The molecule has 0 radical (unpaired) electrons. The smallest absolute Gasteiger partial charge is 0.187 e. The fraction of sp³-hybridized carbons (Fsp3) is 1.00. The van der Waals surface area contributed by atoms with E-state index >= 15 is 0 Å². The molecule has 25 atom stereocenters. The molecule has 0 bridgehead atoms. The summed E-state index contributed by atoms with van der Waals surface area (Å²) >= 11 is 0. The Kier molecular flexibility index (Phi) is 14.8. The van der Waals surface area contributed by atoms with Gasteiger partial charge in [0.15, 0.2) is 37.7 Å². The van der Waals surface area contributed by atoms with Crippen molar-refractivity contribution in [1.29, 1.82) is 0 Å². The third-order valence-corrected chi connectivity index (χ3v) is 10.9. The van der Waals surface area contributed by atoms with Crippen LogP contribution in [0.1, 0.15) is 13.8 Å². The number of rotatable bonds is 11. The van der Waals surface area contributed by atoms with Crippen LogP contribution in [-0.2, 0) is 52.1 Å². The fourth-order valence-corrected chi connectivity index (χ4v) is 7.29. The van der Waals surface area contributed by atoms with Gasteiger partial charge in [0.2, 0.25) is 0 Å². The largest absolute Gasteiger partial charge is 0.393 e. The first-order valence-electron chi connectivity index (χ1n) is 18.4. The molecule has 0 aromatic carbocycles. The zero-order valence-electron chi connectivity index (χ0n) is 30.6. The van der Waals surface area contributed by atoms with Crippen LogP contribution in [0.3, 0.4) is 0 Å². The molecule has 6 aliphatic heterocycles. The van der Waals surface area contributed by atoms with Crippen molar-refractivity contribution in [1.82, 2.24) is 0 Å². The van der Waals surface area contributed by atoms with Crippen molar-refractivity contribution in [3.63, 3.8) is 0 Å². The fourth-order valence-electron chi connectivity index (χ4n) is 7.29. The van der Waals surface area contributed by atoms with Gasteiger partial charge in [0.05, 0.1) is 45.2 Å². The summed E-state index contributed by atoms with van der Waals surface area (Å²) in [4.78, 5) is 0. The van der Waals surface area contributed by atoms with Crippen molar-refractivity contribution in [2.75, 3.05) is 33.0 Å². The Hall–Kier alpha value is -1.00. The Morgan fingerprint density at radius 2 is 0.947 bits per heavy atom. The minimum atomic E-state index is -2.19. The average Bonchev–Trinajstić information content (AvgIpc) is 3.46. The molecular weight excluding hydrogens is 784 g/mol. The Bertz CT molecular complexity index is 1290. The predicted molar refractivity (Wildman–Crippen MR) is 172 cm³/mol. The van der Waals surface area contributed by atoms with Gasteiger partial charge < -0.3 is 124 Å². The van der Waals surface area contributed by atoms with Gasteiger partial charge in [-0.2, -0.15) is 0 Å². The molecule has 6 rings (SSSR count). The standard InChI is InChI=1S/C32H54O25/c1-8-13(37)15(39)17(41)29(51-8)55-22-12(36)4-47-26(45)24(22)57-30-19(43)23(56-31-25(44)32(46,6-33)7-50-31)20(9(2)52-30)53-28-18(42)21(11(35)5-49-28)54-27-16(40)14(38)10(34)3-48-27/h8-31,33-46H,3-7H2,1-2H3/t8-,9-,10+,11-,12+,13-,14-,15+,16+,17+,18+,19+,20-,21-,22-,23-,24+,25-,26+,27-,28-,29-,30-,31-,32+/m0/s1. The number of hydrogen-bond donors (Lipinski definition) is 14. The highest BCUT2D eigenvalue weighted by Gasteiger charge is 2.57. The van der Waals surface area contributed by atoms with Crippen molar-refractivity contribution in [2.45, 2.75) is 167 Å². The third kappa shape index (κ3) is 9.28. The molecule has 6 aliphatic rings. The monoisotopic (exact) mass is 838 g/mol. The SMILES string of the molecule is C[C@@H]1O[C@@H](O[C@@H]2[C@@H](O[C@@H]3O[C@@H](C)[C@H](O[C@@H]4OC[C@H](O)[C@H](O[C@@H]5OC[C@@H](O)[C@H](O)[C@H]5O)[C@H]4O)[C@@H](O[C@@H]4OC[C@](O)(CO)[C@H]4O)[C@H]3O)[C@H](O)OC[C@H]2O)[C@H](O)[C@H](O)[C@H]1O. The number of hydrogen-bond acceptors (Lipinski definition) is 25. The Balaban J connectivity index is 1.21. The number of aliphatic hydroxyl groups excluding tert-OH is 13. The van der Waals surface area contributed by atoms with E-state index < -0.39 is 186 Å². The number of aliphatic hydroxyl groups is 14. The molecule has 0 aromatic rings. The topological polar surface area (TPSA) is 385 Å².